The van der Waals surface area contributed by atoms with E-state index in [4.69, 9.17) is 8.83 Å². The molecule has 2 amide bonds. The number of carbonyl (C=O) groups excluding carboxylic acids is 2. The summed E-state index contributed by atoms with van der Waals surface area (Å²) in [5.74, 6) is -1.44. The molecule has 0 spiro atoms. The molecule has 4 rings (SSSR count). The predicted octanol–water partition coefficient (Wildman–Crippen LogP) is 1.39. The lowest BCUT2D eigenvalue weighted by atomic mass is 10.1. The third-order valence-electron chi connectivity index (χ3n) is 4.29. The molecule has 2 N–H and O–H groups in total. The van der Waals surface area contributed by atoms with Crippen molar-refractivity contribution in [1.29, 1.82) is 0 Å². The Hall–Kier alpha value is -2.52. The smallest absolute Gasteiger partial charge is 0.353 e. The van der Waals surface area contributed by atoms with Gasteiger partial charge in [0.2, 0.25) is 23.6 Å². The van der Waals surface area contributed by atoms with Gasteiger partial charge >= 0.3 is 5.97 Å². The molecule has 0 aliphatic carbocycles. The second kappa shape index (κ2) is 7.87. The minimum atomic E-state index is -1.31. The largest absolute Gasteiger partial charge is 0.477 e. The number of hydrogen-bond acceptors (Lipinski definition) is 12. The van der Waals surface area contributed by atoms with Gasteiger partial charge in [-0.25, -0.2) is 4.79 Å². The van der Waals surface area contributed by atoms with Gasteiger partial charge in [0.15, 0.2) is 0 Å². The third-order valence-corrected chi connectivity index (χ3v) is 8.32. The van der Waals surface area contributed by atoms with Crippen LogP contribution in [-0.2, 0) is 14.4 Å². The number of thioether (sulfide) groups is 3. The minimum absolute atomic E-state index is 0.0992. The quantitative estimate of drug-likeness (QED) is 0.565. The fraction of sp³-hybridized carbons (Fsp3) is 0.438. The van der Waals surface area contributed by atoms with Crippen LogP contribution in [0.5, 0.6) is 0 Å². The molecule has 2 aromatic heterocycles. The first-order valence-corrected chi connectivity index (χ1v) is 11.4. The van der Waals surface area contributed by atoms with Crippen LogP contribution in [0.15, 0.2) is 29.9 Å². The number of β-lactam (4-membered cyclic amide) rings is 1. The van der Waals surface area contributed by atoms with Crippen LogP contribution in [0.3, 0.4) is 0 Å². The van der Waals surface area contributed by atoms with Crippen LogP contribution in [0, 0.1) is 13.8 Å². The second-order valence-electron chi connectivity index (χ2n) is 6.73. The topological polar surface area (TPSA) is 165 Å². The standard InChI is InChI=1S/C16H16N6O6S3/c1-5(23)17-16(4)10(30-15-21-19-7(3)28-15)8(13(25)26)22-11(24)9(12(22)31-16)29-14-20-18-6(2)27-14/h9,12H,1-4H3,(H,17,23)(H,25,26)/t9?,12-,16?/m1/s1. The summed E-state index contributed by atoms with van der Waals surface area (Å²) in [6, 6.07) is 0. The first-order chi connectivity index (χ1) is 14.6. The Kier molecular flexibility index (Phi) is 5.51. The lowest BCUT2D eigenvalue weighted by molar-refractivity contribution is -0.145. The molecular weight excluding hydrogens is 468 g/mol. The second-order valence-corrected chi connectivity index (χ2v) is 10.3. The van der Waals surface area contributed by atoms with Crippen LogP contribution >= 0.6 is 35.3 Å². The van der Waals surface area contributed by atoms with E-state index in [2.05, 4.69) is 25.7 Å². The summed E-state index contributed by atoms with van der Waals surface area (Å²) in [7, 11) is 0. The van der Waals surface area contributed by atoms with Crippen LogP contribution in [0.1, 0.15) is 25.6 Å². The summed E-state index contributed by atoms with van der Waals surface area (Å²) in [4.78, 5) is 37.3. The van der Waals surface area contributed by atoms with Gasteiger partial charge < -0.3 is 19.3 Å². The molecule has 0 bridgehead atoms. The van der Waals surface area contributed by atoms with E-state index in [1.165, 1.54) is 23.6 Å². The highest BCUT2D eigenvalue weighted by molar-refractivity contribution is 8.08. The molecule has 15 heteroatoms. The SMILES string of the molecule is CC(=O)NC1(C)S[C@@H]2C(Sc3nnc(C)o3)C(=O)N2C(C(=O)O)=C1Sc1nnc(C)o1. The zero-order valence-electron chi connectivity index (χ0n) is 16.6. The Balaban J connectivity index is 1.74. The van der Waals surface area contributed by atoms with E-state index in [0.717, 1.165) is 23.5 Å². The van der Waals surface area contributed by atoms with Crippen molar-refractivity contribution in [1.82, 2.24) is 30.6 Å². The Labute approximate surface area is 188 Å². The number of carboxylic acids is 1. The molecule has 2 aliphatic heterocycles. The maximum Gasteiger partial charge on any atom is 0.353 e. The van der Waals surface area contributed by atoms with E-state index in [0.29, 0.717) is 11.8 Å². The molecule has 3 atom stereocenters. The number of nitrogens with one attached hydrogen (secondary N) is 1. The van der Waals surface area contributed by atoms with Crippen molar-refractivity contribution < 1.29 is 28.3 Å². The van der Waals surface area contributed by atoms with E-state index in [1.807, 2.05) is 0 Å². The number of rotatable bonds is 6. The number of aryl methyl sites for hydroxylation is 2. The van der Waals surface area contributed by atoms with Gasteiger partial charge in [-0.05, 0) is 30.4 Å². The molecule has 2 aliphatic rings. The van der Waals surface area contributed by atoms with Crippen molar-refractivity contribution in [3.05, 3.63) is 22.4 Å². The average molecular weight is 485 g/mol. The zero-order chi connectivity index (χ0) is 22.5. The van der Waals surface area contributed by atoms with Crippen LogP contribution < -0.4 is 5.32 Å². The summed E-state index contributed by atoms with van der Waals surface area (Å²) in [6.07, 6.45) is 0. The summed E-state index contributed by atoms with van der Waals surface area (Å²) in [5, 5.41) is 27.1. The van der Waals surface area contributed by atoms with Crippen LogP contribution in [0.4, 0.5) is 0 Å². The summed E-state index contributed by atoms with van der Waals surface area (Å²) < 4.78 is 10.7. The Bertz CT molecular complexity index is 1120. The molecule has 0 saturated carbocycles. The molecule has 12 nitrogen and oxygen atoms in total. The van der Waals surface area contributed by atoms with E-state index in [1.54, 1.807) is 20.8 Å². The van der Waals surface area contributed by atoms with Gasteiger partial charge in [-0.1, -0.05) is 0 Å². The molecular formula is C16H16N6O6S3. The number of carboxylic acid groups (broad SMARTS) is 1. The molecule has 2 unspecified atom stereocenters. The number of nitrogens with zero attached hydrogens (tertiary/aromatic N) is 5. The molecule has 4 heterocycles. The Morgan fingerprint density at radius 3 is 2.29 bits per heavy atom. The molecule has 0 radical (unpaired) electrons. The predicted molar refractivity (Wildman–Crippen MR) is 109 cm³/mol. The van der Waals surface area contributed by atoms with Crippen molar-refractivity contribution in [3.63, 3.8) is 0 Å². The molecule has 164 valence electrons. The monoisotopic (exact) mass is 484 g/mol. The summed E-state index contributed by atoms with van der Waals surface area (Å²) in [5.41, 5.74) is -0.246. The average Bonchev–Trinajstić information content (AvgIpc) is 3.28. The van der Waals surface area contributed by atoms with Crippen molar-refractivity contribution in [2.45, 2.75) is 53.6 Å². The Morgan fingerprint density at radius 1 is 1.16 bits per heavy atom. The highest BCUT2D eigenvalue weighted by Crippen LogP contribution is 2.56. The first kappa shape index (κ1) is 21.7. The van der Waals surface area contributed by atoms with Crippen molar-refractivity contribution in [3.8, 4) is 0 Å². The van der Waals surface area contributed by atoms with Crippen molar-refractivity contribution >= 4 is 53.1 Å². The highest BCUT2D eigenvalue weighted by Gasteiger charge is 2.60. The van der Waals surface area contributed by atoms with Gasteiger partial charge in [0.1, 0.15) is 21.2 Å². The Morgan fingerprint density at radius 2 is 1.77 bits per heavy atom. The number of fused-ring (bicyclic) bond motifs is 1. The fourth-order valence-electron chi connectivity index (χ4n) is 3.14. The van der Waals surface area contributed by atoms with Crippen molar-refractivity contribution in [2.75, 3.05) is 0 Å². The molecule has 0 aromatic carbocycles. The maximum absolute atomic E-state index is 12.9. The number of aliphatic carboxylic acids is 1. The lowest BCUT2D eigenvalue weighted by Crippen LogP contribution is -2.67. The van der Waals surface area contributed by atoms with Crippen molar-refractivity contribution in [2.24, 2.45) is 0 Å². The third kappa shape index (κ3) is 3.92. The van der Waals surface area contributed by atoms with Gasteiger partial charge in [0, 0.05) is 20.8 Å². The van der Waals surface area contributed by atoms with Crippen LogP contribution in [0.25, 0.3) is 0 Å². The molecule has 1 saturated heterocycles. The first-order valence-electron chi connectivity index (χ1n) is 8.81. The summed E-state index contributed by atoms with van der Waals surface area (Å²) >= 11 is 3.20. The minimum Gasteiger partial charge on any atom is -0.477 e. The normalized spacial score (nSPS) is 25.3. The highest BCUT2D eigenvalue weighted by atomic mass is 32.2. The van der Waals surface area contributed by atoms with E-state index >= 15 is 0 Å². The van der Waals surface area contributed by atoms with E-state index < -0.39 is 27.4 Å². The van der Waals surface area contributed by atoms with Gasteiger partial charge in [-0.15, -0.1) is 32.2 Å². The van der Waals surface area contributed by atoms with Crippen LogP contribution in [0.2, 0.25) is 0 Å². The van der Waals surface area contributed by atoms with E-state index in [9.17, 15) is 19.5 Å². The number of carbonyl (C=O) groups is 3. The van der Waals surface area contributed by atoms with Gasteiger partial charge in [0.25, 0.3) is 10.4 Å². The number of aromatic nitrogens is 4. The van der Waals surface area contributed by atoms with Gasteiger partial charge in [-0.3, -0.25) is 14.5 Å². The molecule has 1 fully saturated rings. The number of amides is 2. The molecule has 31 heavy (non-hydrogen) atoms. The van der Waals surface area contributed by atoms with Gasteiger partial charge in [0.05, 0.1) is 4.91 Å². The zero-order valence-corrected chi connectivity index (χ0v) is 19.1. The summed E-state index contributed by atoms with van der Waals surface area (Å²) in [6.45, 7) is 6.23. The van der Waals surface area contributed by atoms with Gasteiger partial charge in [-0.2, -0.15) is 0 Å². The lowest BCUT2D eigenvalue weighted by Gasteiger charge is -2.53. The van der Waals surface area contributed by atoms with E-state index in [-0.39, 0.29) is 27.0 Å². The van der Waals surface area contributed by atoms with Crippen LogP contribution in [-0.4, -0.2) is 63.7 Å². The number of hydrogen-bond donors (Lipinski definition) is 2. The maximum atomic E-state index is 12.9. The molecule has 2 aromatic rings. The fourth-order valence-corrected chi connectivity index (χ4v) is 7.06.